The van der Waals surface area contributed by atoms with E-state index in [4.69, 9.17) is 0 Å². The van der Waals surface area contributed by atoms with Gasteiger partial charge in [0.05, 0.1) is 5.60 Å². The molecule has 8 heteroatoms. The first-order chi connectivity index (χ1) is 10.2. The molecule has 2 aliphatic heterocycles. The van der Waals surface area contributed by atoms with Crippen molar-refractivity contribution in [3.63, 3.8) is 0 Å². The molecule has 22 heavy (non-hydrogen) atoms. The standard InChI is InChI=1S/C14H30N4O3S/c1-4-14(2,19)13-16-7-11-18(12-8-16)22(20,21)17-9-5-15(3)6-10-17/h19H,4-13H2,1-3H3/t14-/m0/s1. The van der Waals surface area contributed by atoms with E-state index in [9.17, 15) is 13.5 Å². The van der Waals surface area contributed by atoms with Crippen LogP contribution in [0.4, 0.5) is 0 Å². The Balaban J connectivity index is 1.88. The smallest absolute Gasteiger partial charge is 0.282 e. The van der Waals surface area contributed by atoms with Crippen molar-refractivity contribution in [2.45, 2.75) is 25.9 Å². The van der Waals surface area contributed by atoms with Gasteiger partial charge in [-0.2, -0.15) is 17.0 Å². The lowest BCUT2D eigenvalue weighted by Gasteiger charge is -2.40. The summed E-state index contributed by atoms with van der Waals surface area (Å²) in [4.78, 5) is 4.30. The van der Waals surface area contributed by atoms with E-state index in [-0.39, 0.29) is 0 Å². The number of hydrogen-bond acceptors (Lipinski definition) is 5. The molecule has 0 saturated carbocycles. The van der Waals surface area contributed by atoms with Crippen LogP contribution in [0.5, 0.6) is 0 Å². The molecule has 2 saturated heterocycles. The quantitative estimate of drug-likeness (QED) is 0.717. The average molecular weight is 334 g/mol. The third-order valence-electron chi connectivity index (χ3n) is 4.77. The molecule has 0 aromatic carbocycles. The Hall–Kier alpha value is -0.250. The number of nitrogens with zero attached hydrogens (tertiary/aromatic N) is 4. The normalized spacial score (nSPS) is 26.9. The van der Waals surface area contributed by atoms with E-state index in [0.29, 0.717) is 52.2 Å². The second kappa shape index (κ2) is 7.11. The number of hydrogen-bond donors (Lipinski definition) is 1. The highest BCUT2D eigenvalue weighted by atomic mass is 32.2. The van der Waals surface area contributed by atoms with Crippen LogP contribution in [0.3, 0.4) is 0 Å². The molecule has 2 heterocycles. The number of rotatable bonds is 5. The molecule has 1 N–H and O–H groups in total. The Morgan fingerprint density at radius 3 is 1.86 bits per heavy atom. The van der Waals surface area contributed by atoms with Crippen molar-refractivity contribution in [1.82, 2.24) is 18.4 Å². The van der Waals surface area contributed by atoms with Gasteiger partial charge in [0.2, 0.25) is 0 Å². The number of likely N-dealkylation sites (N-methyl/N-ethyl adjacent to an activating group) is 1. The van der Waals surface area contributed by atoms with Gasteiger partial charge in [0, 0.05) is 58.9 Å². The first-order valence-electron chi connectivity index (χ1n) is 8.13. The maximum atomic E-state index is 12.7. The SMILES string of the molecule is CC[C@](C)(O)CN1CCN(S(=O)(=O)N2CCN(C)CC2)CC1. The Morgan fingerprint density at radius 1 is 0.955 bits per heavy atom. The van der Waals surface area contributed by atoms with E-state index in [0.717, 1.165) is 13.1 Å². The Morgan fingerprint density at radius 2 is 1.41 bits per heavy atom. The minimum Gasteiger partial charge on any atom is -0.389 e. The molecule has 7 nitrogen and oxygen atoms in total. The summed E-state index contributed by atoms with van der Waals surface area (Å²) < 4.78 is 28.5. The van der Waals surface area contributed by atoms with Crippen molar-refractivity contribution in [2.75, 3.05) is 66.0 Å². The van der Waals surface area contributed by atoms with Crippen molar-refractivity contribution in [2.24, 2.45) is 0 Å². The van der Waals surface area contributed by atoms with Crippen LogP contribution in [-0.4, -0.2) is 103 Å². The molecule has 0 aromatic rings. The lowest BCUT2D eigenvalue weighted by molar-refractivity contribution is 0.00774. The lowest BCUT2D eigenvalue weighted by atomic mass is 10.0. The van der Waals surface area contributed by atoms with E-state index in [1.807, 2.05) is 20.9 Å². The molecule has 2 rings (SSSR count). The highest BCUT2D eigenvalue weighted by Crippen LogP contribution is 2.17. The Bertz CT molecular complexity index is 453. The minimum atomic E-state index is -3.33. The van der Waals surface area contributed by atoms with Gasteiger partial charge >= 0.3 is 0 Å². The summed E-state index contributed by atoms with van der Waals surface area (Å²) in [6.07, 6.45) is 0.701. The summed E-state index contributed by atoms with van der Waals surface area (Å²) >= 11 is 0. The zero-order valence-electron chi connectivity index (χ0n) is 14.0. The molecule has 0 amide bonds. The number of aliphatic hydroxyl groups is 1. The zero-order valence-corrected chi connectivity index (χ0v) is 14.8. The highest BCUT2D eigenvalue weighted by Gasteiger charge is 2.34. The van der Waals surface area contributed by atoms with E-state index >= 15 is 0 Å². The van der Waals surface area contributed by atoms with Crippen LogP contribution in [0.25, 0.3) is 0 Å². The van der Waals surface area contributed by atoms with Gasteiger partial charge in [-0.1, -0.05) is 6.92 Å². The van der Waals surface area contributed by atoms with Crippen LogP contribution in [0, 0.1) is 0 Å². The predicted octanol–water partition coefficient (Wildman–Crippen LogP) is -0.743. The monoisotopic (exact) mass is 334 g/mol. The third-order valence-corrected chi connectivity index (χ3v) is 6.81. The van der Waals surface area contributed by atoms with Crippen LogP contribution < -0.4 is 0 Å². The summed E-state index contributed by atoms with van der Waals surface area (Å²) in [5.41, 5.74) is -0.696. The van der Waals surface area contributed by atoms with Crippen molar-refractivity contribution in [1.29, 1.82) is 0 Å². The molecule has 2 aliphatic rings. The predicted molar refractivity (Wildman–Crippen MR) is 86.9 cm³/mol. The fraction of sp³-hybridized carbons (Fsp3) is 1.00. The summed E-state index contributed by atoms with van der Waals surface area (Å²) in [6, 6.07) is 0. The van der Waals surface area contributed by atoms with Crippen LogP contribution in [0.1, 0.15) is 20.3 Å². The second-order valence-electron chi connectivity index (χ2n) is 6.74. The molecule has 2 fully saturated rings. The first kappa shape index (κ1) is 18.1. The van der Waals surface area contributed by atoms with Gasteiger partial charge in [-0.05, 0) is 20.4 Å². The molecular weight excluding hydrogens is 304 g/mol. The van der Waals surface area contributed by atoms with Gasteiger partial charge in [-0.3, -0.25) is 4.90 Å². The van der Waals surface area contributed by atoms with Crippen LogP contribution in [0.15, 0.2) is 0 Å². The fourth-order valence-electron chi connectivity index (χ4n) is 2.89. The Kier molecular flexibility index (Phi) is 5.84. The van der Waals surface area contributed by atoms with Crippen LogP contribution in [-0.2, 0) is 10.2 Å². The molecule has 0 unspecified atom stereocenters. The van der Waals surface area contributed by atoms with E-state index in [1.165, 1.54) is 0 Å². The largest absolute Gasteiger partial charge is 0.389 e. The topological polar surface area (TPSA) is 67.3 Å². The van der Waals surface area contributed by atoms with Crippen molar-refractivity contribution < 1.29 is 13.5 Å². The fourth-order valence-corrected chi connectivity index (χ4v) is 4.47. The van der Waals surface area contributed by atoms with Gasteiger partial charge in [0.15, 0.2) is 0 Å². The minimum absolute atomic E-state index is 0.508. The number of β-amino-alcohol motifs (C(OH)–C–C–N with tert-alkyl or cyclic N) is 1. The van der Waals surface area contributed by atoms with Crippen molar-refractivity contribution in [3.05, 3.63) is 0 Å². The van der Waals surface area contributed by atoms with Gasteiger partial charge < -0.3 is 10.0 Å². The van der Waals surface area contributed by atoms with E-state index < -0.39 is 15.8 Å². The number of piperazine rings is 2. The third kappa shape index (κ3) is 4.39. The van der Waals surface area contributed by atoms with E-state index in [1.54, 1.807) is 8.61 Å². The molecule has 0 spiro atoms. The summed E-state index contributed by atoms with van der Waals surface area (Å²) in [5.74, 6) is 0. The maximum Gasteiger partial charge on any atom is 0.282 e. The van der Waals surface area contributed by atoms with Crippen molar-refractivity contribution >= 4 is 10.2 Å². The van der Waals surface area contributed by atoms with Gasteiger partial charge in [0.1, 0.15) is 0 Å². The summed E-state index contributed by atoms with van der Waals surface area (Å²) in [7, 11) is -1.31. The molecule has 130 valence electrons. The van der Waals surface area contributed by atoms with Crippen LogP contribution >= 0.6 is 0 Å². The maximum absolute atomic E-state index is 12.7. The van der Waals surface area contributed by atoms with Gasteiger partial charge in [-0.15, -0.1) is 0 Å². The molecule has 0 aromatic heterocycles. The lowest BCUT2D eigenvalue weighted by Crippen LogP contribution is -2.57. The summed E-state index contributed by atoms with van der Waals surface area (Å²) in [6.45, 7) is 9.51. The van der Waals surface area contributed by atoms with Gasteiger partial charge in [-0.25, -0.2) is 0 Å². The average Bonchev–Trinajstić information content (AvgIpc) is 2.48. The van der Waals surface area contributed by atoms with Crippen LogP contribution in [0.2, 0.25) is 0 Å². The molecule has 0 aliphatic carbocycles. The second-order valence-corrected chi connectivity index (χ2v) is 8.66. The highest BCUT2D eigenvalue weighted by molar-refractivity contribution is 7.86. The zero-order chi connectivity index (χ0) is 16.4. The molecule has 1 atom stereocenters. The summed E-state index contributed by atoms with van der Waals surface area (Å²) in [5, 5.41) is 10.1. The first-order valence-corrected chi connectivity index (χ1v) is 9.53. The van der Waals surface area contributed by atoms with E-state index in [2.05, 4.69) is 9.80 Å². The molecular formula is C14H30N4O3S. The molecule has 0 radical (unpaired) electrons. The van der Waals surface area contributed by atoms with Crippen molar-refractivity contribution in [3.8, 4) is 0 Å². The Labute approximate surface area is 134 Å². The molecule has 0 bridgehead atoms. The van der Waals surface area contributed by atoms with Gasteiger partial charge in [0.25, 0.3) is 10.2 Å².